The Morgan fingerprint density at radius 1 is 1.24 bits per heavy atom. The fourth-order valence-corrected chi connectivity index (χ4v) is 2.18. The minimum Gasteiger partial charge on any atom is -0.393 e. The Labute approximate surface area is 122 Å². The largest absolute Gasteiger partial charge is 0.393 e. The van der Waals surface area contributed by atoms with Crippen LogP contribution in [0.4, 0.5) is 21.5 Å². The normalized spacial score (nSPS) is 10.4. The van der Waals surface area contributed by atoms with E-state index >= 15 is 0 Å². The Hall–Kier alpha value is -2.63. The van der Waals surface area contributed by atoms with Crippen molar-refractivity contribution in [2.75, 3.05) is 17.2 Å². The highest BCUT2D eigenvalue weighted by atomic mass is 19.1. The molecule has 0 heterocycles. The Balaban J connectivity index is 2.34. The van der Waals surface area contributed by atoms with Crippen LogP contribution in [-0.4, -0.2) is 11.5 Å². The van der Waals surface area contributed by atoms with E-state index in [1.54, 1.807) is 35.2 Å². The van der Waals surface area contributed by atoms with Gasteiger partial charge >= 0.3 is 0 Å². The van der Waals surface area contributed by atoms with E-state index in [1.807, 2.05) is 6.92 Å². The van der Waals surface area contributed by atoms with Gasteiger partial charge in [-0.25, -0.2) is 4.39 Å². The summed E-state index contributed by atoms with van der Waals surface area (Å²) in [5.74, 6) is -0.330. The van der Waals surface area contributed by atoms with Crippen LogP contribution in [0, 0.1) is 15.9 Å². The topological polar surface area (TPSA) is 72.4 Å². The molecule has 0 spiro atoms. The quantitative estimate of drug-likeness (QED) is 0.520. The minimum atomic E-state index is -0.516. The van der Waals surface area contributed by atoms with Crippen molar-refractivity contribution in [1.82, 2.24) is 0 Å². The molecule has 0 aromatic heterocycles. The maximum Gasteiger partial charge on any atom is 0.292 e. The molecule has 0 saturated heterocycles. The number of nitrogen functional groups attached to an aromatic ring is 1. The van der Waals surface area contributed by atoms with Crippen molar-refractivity contribution in [2.45, 2.75) is 13.5 Å². The first-order chi connectivity index (χ1) is 10.0. The van der Waals surface area contributed by atoms with E-state index in [4.69, 9.17) is 5.73 Å². The summed E-state index contributed by atoms with van der Waals surface area (Å²) in [6.45, 7) is 2.76. The molecule has 0 fully saturated rings. The van der Waals surface area contributed by atoms with Gasteiger partial charge in [0.15, 0.2) is 0 Å². The van der Waals surface area contributed by atoms with Crippen molar-refractivity contribution in [3.63, 3.8) is 0 Å². The van der Waals surface area contributed by atoms with Crippen LogP contribution in [0.25, 0.3) is 0 Å². The maximum absolute atomic E-state index is 13.9. The molecule has 21 heavy (non-hydrogen) atoms. The molecule has 0 saturated carbocycles. The maximum atomic E-state index is 13.9. The molecule has 2 rings (SSSR count). The van der Waals surface area contributed by atoms with Gasteiger partial charge in [0.2, 0.25) is 0 Å². The number of rotatable bonds is 5. The van der Waals surface area contributed by atoms with Crippen molar-refractivity contribution in [1.29, 1.82) is 0 Å². The van der Waals surface area contributed by atoms with E-state index in [-0.39, 0.29) is 17.2 Å². The Kier molecular flexibility index (Phi) is 4.37. The Morgan fingerprint density at radius 2 is 1.95 bits per heavy atom. The standard InChI is InChI=1S/C15H16FN3O2/c1-2-18(13-8-4-3-7-12(13)16)10-11-6-5-9-14(15(11)17)19(20)21/h3-9H,2,10,17H2,1H3. The molecule has 110 valence electrons. The van der Waals surface area contributed by atoms with Gasteiger partial charge in [-0.05, 0) is 19.1 Å². The van der Waals surface area contributed by atoms with Gasteiger partial charge in [-0.2, -0.15) is 0 Å². The third kappa shape index (κ3) is 3.10. The van der Waals surface area contributed by atoms with Crippen LogP contribution in [0.5, 0.6) is 0 Å². The SMILES string of the molecule is CCN(Cc1cccc([N+](=O)[O-])c1N)c1ccccc1F. The first kappa shape index (κ1) is 14.8. The summed E-state index contributed by atoms with van der Waals surface area (Å²) in [6, 6.07) is 11.1. The number of halogens is 1. The van der Waals surface area contributed by atoms with Gasteiger partial charge in [0.1, 0.15) is 11.5 Å². The van der Waals surface area contributed by atoms with Crippen LogP contribution in [0.2, 0.25) is 0 Å². The smallest absolute Gasteiger partial charge is 0.292 e. The molecule has 2 aromatic carbocycles. The summed E-state index contributed by atoms with van der Waals surface area (Å²) >= 11 is 0. The van der Waals surface area contributed by atoms with Crippen LogP contribution >= 0.6 is 0 Å². The summed E-state index contributed by atoms with van der Waals surface area (Å²) in [7, 11) is 0. The van der Waals surface area contributed by atoms with Gasteiger partial charge in [0, 0.05) is 24.7 Å². The van der Waals surface area contributed by atoms with Crippen molar-refractivity contribution in [3.8, 4) is 0 Å². The number of nitro groups is 1. The van der Waals surface area contributed by atoms with Gasteiger partial charge < -0.3 is 10.6 Å². The average Bonchev–Trinajstić information content (AvgIpc) is 2.47. The van der Waals surface area contributed by atoms with Gasteiger partial charge in [-0.3, -0.25) is 10.1 Å². The molecule has 0 bridgehead atoms. The van der Waals surface area contributed by atoms with Crippen LogP contribution in [0.3, 0.4) is 0 Å². The van der Waals surface area contributed by atoms with Crippen LogP contribution in [-0.2, 0) is 6.54 Å². The molecule has 6 heteroatoms. The van der Waals surface area contributed by atoms with Gasteiger partial charge in [-0.1, -0.05) is 24.3 Å². The lowest BCUT2D eigenvalue weighted by Gasteiger charge is -2.24. The first-order valence-corrected chi connectivity index (χ1v) is 6.55. The van der Waals surface area contributed by atoms with Gasteiger partial charge in [0.05, 0.1) is 10.6 Å². The molecule has 0 radical (unpaired) electrons. The molecule has 5 nitrogen and oxygen atoms in total. The Morgan fingerprint density at radius 3 is 2.57 bits per heavy atom. The summed E-state index contributed by atoms with van der Waals surface area (Å²) < 4.78 is 13.9. The number of nitrogens with zero attached hydrogens (tertiary/aromatic N) is 2. The predicted molar refractivity (Wildman–Crippen MR) is 80.6 cm³/mol. The number of benzene rings is 2. The van der Waals surface area contributed by atoms with E-state index in [9.17, 15) is 14.5 Å². The predicted octanol–water partition coefficient (Wildman–Crippen LogP) is 3.34. The zero-order valence-corrected chi connectivity index (χ0v) is 11.6. The molecule has 2 N–H and O–H groups in total. The summed E-state index contributed by atoms with van der Waals surface area (Å²) in [6.07, 6.45) is 0. The first-order valence-electron chi connectivity index (χ1n) is 6.55. The van der Waals surface area contributed by atoms with E-state index in [0.29, 0.717) is 24.3 Å². The number of hydrogen-bond donors (Lipinski definition) is 1. The van der Waals surface area contributed by atoms with Crippen LogP contribution in [0.1, 0.15) is 12.5 Å². The fourth-order valence-electron chi connectivity index (χ4n) is 2.18. The van der Waals surface area contributed by atoms with E-state index in [1.165, 1.54) is 12.1 Å². The van der Waals surface area contributed by atoms with Crippen molar-refractivity contribution in [2.24, 2.45) is 0 Å². The molecule has 0 aliphatic heterocycles. The molecule has 0 aliphatic carbocycles. The summed E-state index contributed by atoms with van der Waals surface area (Å²) in [4.78, 5) is 12.2. The molecule has 0 unspecified atom stereocenters. The third-order valence-electron chi connectivity index (χ3n) is 3.31. The second kappa shape index (κ2) is 6.21. The monoisotopic (exact) mass is 289 g/mol. The number of para-hydroxylation sites is 2. The number of nitrogens with two attached hydrogens (primary N) is 1. The molecule has 0 amide bonds. The lowest BCUT2D eigenvalue weighted by atomic mass is 10.1. The van der Waals surface area contributed by atoms with E-state index in [2.05, 4.69) is 0 Å². The Bertz CT molecular complexity index is 661. The zero-order valence-electron chi connectivity index (χ0n) is 11.6. The number of nitro benzene ring substituents is 1. The number of anilines is 2. The van der Waals surface area contributed by atoms with Crippen LogP contribution < -0.4 is 10.6 Å². The van der Waals surface area contributed by atoms with E-state index < -0.39 is 4.92 Å². The molecular weight excluding hydrogens is 273 g/mol. The zero-order chi connectivity index (χ0) is 15.4. The number of hydrogen-bond acceptors (Lipinski definition) is 4. The molecule has 0 atom stereocenters. The second-order valence-corrected chi connectivity index (χ2v) is 4.57. The molecular formula is C15H16FN3O2. The minimum absolute atomic E-state index is 0.122. The highest BCUT2D eigenvalue weighted by molar-refractivity contribution is 5.64. The fraction of sp³-hybridized carbons (Fsp3) is 0.200. The van der Waals surface area contributed by atoms with Crippen molar-refractivity contribution < 1.29 is 9.31 Å². The average molecular weight is 289 g/mol. The third-order valence-corrected chi connectivity index (χ3v) is 3.31. The highest BCUT2D eigenvalue weighted by Gasteiger charge is 2.17. The second-order valence-electron chi connectivity index (χ2n) is 4.57. The lowest BCUT2D eigenvalue weighted by molar-refractivity contribution is -0.383. The van der Waals surface area contributed by atoms with E-state index in [0.717, 1.165) is 0 Å². The van der Waals surface area contributed by atoms with Gasteiger partial charge in [0.25, 0.3) is 5.69 Å². The molecule has 2 aromatic rings. The van der Waals surface area contributed by atoms with Crippen molar-refractivity contribution >= 4 is 17.1 Å². The van der Waals surface area contributed by atoms with Crippen LogP contribution in [0.15, 0.2) is 42.5 Å². The molecule has 0 aliphatic rings. The lowest BCUT2D eigenvalue weighted by Crippen LogP contribution is -2.23. The summed E-state index contributed by atoms with van der Waals surface area (Å²) in [5.41, 5.74) is 6.89. The van der Waals surface area contributed by atoms with Crippen molar-refractivity contribution in [3.05, 3.63) is 64.0 Å². The highest BCUT2D eigenvalue weighted by Crippen LogP contribution is 2.28. The summed E-state index contributed by atoms with van der Waals surface area (Å²) in [5, 5.41) is 10.9. The van der Waals surface area contributed by atoms with Gasteiger partial charge in [-0.15, -0.1) is 0 Å².